The van der Waals surface area contributed by atoms with Crippen molar-refractivity contribution in [1.29, 1.82) is 0 Å². The van der Waals surface area contributed by atoms with Crippen LogP contribution in [0.5, 0.6) is 0 Å². The Morgan fingerprint density at radius 3 is 2.88 bits per heavy atom. The number of amides is 1. The number of unbranched alkanes of at least 4 members (excludes halogenated alkanes) is 1. The molecule has 2 aromatic heterocycles. The Labute approximate surface area is 158 Å². The molecule has 1 aromatic carbocycles. The first kappa shape index (κ1) is 18.5. The van der Waals surface area contributed by atoms with Crippen LogP contribution in [0, 0.1) is 12.7 Å². The lowest BCUT2D eigenvalue weighted by molar-refractivity contribution is 0.103. The van der Waals surface area contributed by atoms with E-state index in [-0.39, 0.29) is 16.5 Å². The van der Waals surface area contributed by atoms with Crippen LogP contribution in [-0.4, -0.2) is 15.5 Å². The molecule has 0 atom stereocenters. The third-order valence-corrected chi connectivity index (χ3v) is 5.54. The lowest BCUT2D eigenvalue weighted by Gasteiger charge is -2.05. The van der Waals surface area contributed by atoms with E-state index in [4.69, 9.17) is 11.6 Å². The zero-order valence-corrected chi connectivity index (χ0v) is 15.9. The molecule has 1 N–H and O–H groups in total. The molecule has 1 amide bonds. The smallest absolute Gasteiger partial charge is 0.266 e. The Morgan fingerprint density at radius 2 is 2.19 bits per heavy atom. The van der Waals surface area contributed by atoms with Crippen molar-refractivity contribution in [2.75, 3.05) is 5.32 Å². The van der Waals surface area contributed by atoms with Gasteiger partial charge in [0.1, 0.15) is 10.6 Å². The number of anilines is 1. The van der Waals surface area contributed by atoms with E-state index in [2.05, 4.69) is 17.2 Å². The molecule has 8 heteroatoms. The van der Waals surface area contributed by atoms with E-state index >= 15 is 0 Å². The molecule has 0 radical (unpaired) electrons. The summed E-state index contributed by atoms with van der Waals surface area (Å²) < 4.78 is 14.8. The predicted octanol–water partition coefficient (Wildman–Crippen LogP) is 4.61. The Balaban J connectivity index is 1.95. The van der Waals surface area contributed by atoms with Crippen molar-refractivity contribution in [3.05, 3.63) is 56.2 Å². The van der Waals surface area contributed by atoms with E-state index in [1.54, 1.807) is 11.5 Å². The van der Waals surface area contributed by atoms with Gasteiger partial charge >= 0.3 is 0 Å². The Morgan fingerprint density at radius 1 is 1.42 bits per heavy atom. The maximum absolute atomic E-state index is 13.2. The first-order valence-corrected chi connectivity index (χ1v) is 9.36. The molecule has 0 saturated heterocycles. The van der Waals surface area contributed by atoms with E-state index in [9.17, 15) is 14.0 Å². The number of carbonyl (C=O) groups excluding carboxylic acids is 1. The van der Waals surface area contributed by atoms with Crippen LogP contribution in [0.15, 0.2) is 29.3 Å². The third kappa shape index (κ3) is 3.50. The number of aromatic nitrogens is 2. The number of benzene rings is 1. The number of carbonyl (C=O) groups is 1. The molecule has 0 bridgehead atoms. The molecule has 0 fully saturated rings. The minimum Gasteiger partial charge on any atom is -0.321 e. The van der Waals surface area contributed by atoms with Crippen LogP contribution in [0.3, 0.4) is 0 Å². The average Bonchev–Trinajstić information content (AvgIpc) is 2.95. The van der Waals surface area contributed by atoms with Gasteiger partial charge < -0.3 is 5.32 Å². The van der Waals surface area contributed by atoms with Gasteiger partial charge in [0, 0.05) is 12.2 Å². The van der Waals surface area contributed by atoms with Crippen LogP contribution >= 0.6 is 22.9 Å². The van der Waals surface area contributed by atoms with E-state index < -0.39 is 5.82 Å². The molecule has 0 aliphatic heterocycles. The molecule has 0 unspecified atom stereocenters. The quantitative estimate of drug-likeness (QED) is 0.688. The number of nitrogens with one attached hydrogen (secondary N) is 1. The highest BCUT2D eigenvalue weighted by Gasteiger charge is 2.19. The van der Waals surface area contributed by atoms with Crippen molar-refractivity contribution in [1.82, 2.24) is 9.55 Å². The Kier molecular flexibility index (Phi) is 5.38. The van der Waals surface area contributed by atoms with Gasteiger partial charge in [-0.1, -0.05) is 24.9 Å². The van der Waals surface area contributed by atoms with Crippen LogP contribution in [0.25, 0.3) is 10.2 Å². The van der Waals surface area contributed by atoms with Gasteiger partial charge in [-0.2, -0.15) is 0 Å². The number of halogens is 2. The van der Waals surface area contributed by atoms with Gasteiger partial charge in [-0.3, -0.25) is 14.2 Å². The minimum absolute atomic E-state index is 0.0728. The molecule has 2 heterocycles. The molecule has 0 aliphatic rings. The molecule has 3 rings (SSSR count). The standard InChI is InChI=1S/C18H17ClFN3O2S/c1-3-4-7-23-9-21-17-14(18(23)25)10(2)15(26-17)16(24)22-11-5-6-13(20)12(19)8-11/h5-6,8-9H,3-4,7H2,1-2H3,(H,22,24). The van der Waals surface area contributed by atoms with Crippen LogP contribution in [0.2, 0.25) is 5.02 Å². The molecule has 136 valence electrons. The van der Waals surface area contributed by atoms with E-state index in [1.807, 2.05) is 0 Å². The number of rotatable bonds is 5. The van der Waals surface area contributed by atoms with Gasteiger partial charge in [-0.15, -0.1) is 11.3 Å². The van der Waals surface area contributed by atoms with Crippen molar-refractivity contribution in [2.45, 2.75) is 33.2 Å². The second kappa shape index (κ2) is 7.55. The fourth-order valence-corrected chi connectivity index (χ4v) is 3.84. The molecule has 26 heavy (non-hydrogen) atoms. The zero-order valence-electron chi connectivity index (χ0n) is 14.3. The average molecular weight is 394 g/mol. The third-order valence-electron chi connectivity index (χ3n) is 4.05. The highest BCUT2D eigenvalue weighted by Crippen LogP contribution is 2.28. The summed E-state index contributed by atoms with van der Waals surface area (Å²) in [5.41, 5.74) is 0.840. The summed E-state index contributed by atoms with van der Waals surface area (Å²) in [6, 6.07) is 3.95. The Hall–Kier alpha value is -2.25. The van der Waals surface area contributed by atoms with Crippen LogP contribution in [-0.2, 0) is 6.54 Å². The molecule has 0 spiro atoms. The van der Waals surface area contributed by atoms with Gasteiger partial charge in [-0.05, 0) is 37.1 Å². The van der Waals surface area contributed by atoms with Gasteiger partial charge in [0.15, 0.2) is 0 Å². The summed E-state index contributed by atoms with van der Waals surface area (Å²) in [5, 5.41) is 3.08. The maximum atomic E-state index is 13.2. The summed E-state index contributed by atoms with van der Waals surface area (Å²) in [6.45, 7) is 4.39. The number of fused-ring (bicyclic) bond motifs is 1. The van der Waals surface area contributed by atoms with Crippen LogP contribution < -0.4 is 10.9 Å². The molecule has 0 aliphatic carbocycles. The predicted molar refractivity (Wildman–Crippen MR) is 103 cm³/mol. The van der Waals surface area contributed by atoms with Crippen molar-refractivity contribution in [3.63, 3.8) is 0 Å². The van der Waals surface area contributed by atoms with Crippen molar-refractivity contribution >= 4 is 44.7 Å². The lowest BCUT2D eigenvalue weighted by Crippen LogP contribution is -2.20. The minimum atomic E-state index is -0.556. The van der Waals surface area contributed by atoms with Crippen molar-refractivity contribution < 1.29 is 9.18 Å². The SMILES string of the molecule is CCCCn1cnc2sc(C(=O)Nc3ccc(F)c(Cl)c3)c(C)c2c1=O. The summed E-state index contributed by atoms with van der Waals surface area (Å²) in [6.07, 6.45) is 3.38. The number of hydrogen-bond acceptors (Lipinski definition) is 4. The monoisotopic (exact) mass is 393 g/mol. The fourth-order valence-electron chi connectivity index (χ4n) is 2.63. The normalized spacial score (nSPS) is 11.1. The van der Waals surface area contributed by atoms with E-state index in [0.29, 0.717) is 32.9 Å². The van der Waals surface area contributed by atoms with E-state index in [1.165, 1.54) is 24.5 Å². The molecule has 5 nitrogen and oxygen atoms in total. The van der Waals surface area contributed by atoms with Gasteiger partial charge in [-0.25, -0.2) is 9.37 Å². The van der Waals surface area contributed by atoms with Crippen molar-refractivity contribution in [3.8, 4) is 0 Å². The molecular weight excluding hydrogens is 377 g/mol. The second-order valence-electron chi connectivity index (χ2n) is 5.92. The van der Waals surface area contributed by atoms with E-state index in [0.717, 1.165) is 24.2 Å². The highest BCUT2D eigenvalue weighted by atomic mass is 35.5. The first-order chi connectivity index (χ1) is 12.4. The summed E-state index contributed by atoms with van der Waals surface area (Å²) in [5.74, 6) is -0.938. The Bertz CT molecular complexity index is 1040. The summed E-state index contributed by atoms with van der Waals surface area (Å²) in [7, 11) is 0. The fraction of sp³-hybridized carbons (Fsp3) is 0.278. The first-order valence-electron chi connectivity index (χ1n) is 8.17. The second-order valence-corrected chi connectivity index (χ2v) is 7.32. The lowest BCUT2D eigenvalue weighted by atomic mass is 10.2. The van der Waals surface area contributed by atoms with Crippen LogP contribution in [0.4, 0.5) is 10.1 Å². The van der Waals surface area contributed by atoms with Crippen molar-refractivity contribution in [2.24, 2.45) is 0 Å². The number of thiophene rings is 1. The number of aryl methyl sites for hydroxylation is 2. The van der Waals surface area contributed by atoms with Gasteiger partial charge in [0.2, 0.25) is 0 Å². The van der Waals surface area contributed by atoms with Gasteiger partial charge in [0.05, 0.1) is 21.6 Å². The van der Waals surface area contributed by atoms with Gasteiger partial charge in [0.25, 0.3) is 11.5 Å². The summed E-state index contributed by atoms with van der Waals surface area (Å²) in [4.78, 5) is 30.5. The molecule has 0 saturated carbocycles. The zero-order chi connectivity index (χ0) is 18.8. The topological polar surface area (TPSA) is 64.0 Å². The molecular formula is C18H17ClFN3O2S. The highest BCUT2D eigenvalue weighted by molar-refractivity contribution is 7.20. The largest absolute Gasteiger partial charge is 0.321 e. The number of hydrogen-bond donors (Lipinski definition) is 1. The van der Waals surface area contributed by atoms with Crippen LogP contribution in [0.1, 0.15) is 35.0 Å². The number of nitrogens with zero attached hydrogens (tertiary/aromatic N) is 2. The molecule has 3 aromatic rings. The summed E-state index contributed by atoms with van der Waals surface area (Å²) >= 11 is 6.90. The maximum Gasteiger partial charge on any atom is 0.266 e.